The third-order valence-corrected chi connectivity index (χ3v) is 6.57. The van der Waals surface area contributed by atoms with E-state index >= 15 is 0 Å². The SMILES string of the molecule is COc1ccc([C@H]2C(C(=O)OC[C@H]3CCCO3)=C(C)N=C3CC(C)(C)CC(=O)[C@@H]32)cc1O. The standard InChI is InChI=1S/C25H31NO6/c1-14-21(24(29)32-13-16-6-5-9-31-16)22(15-7-8-20(30-4)18(27)10-15)23-17(26-14)11-25(2,3)12-19(23)28/h7-8,10,16,22-23,27H,5-6,9,11-13H2,1-4H3/t16-,22+,23-/m1/s1. The summed E-state index contributed by atoms with van der Waals surface area (Å²) in [4.78, 5) is 31.3. The largest absolute Gasteiger partial charge is 0.504 e. The van der Waals surface area contributed by atoms with Crippen LogP contribution >= 0.6 is 0 Å². The van der Waals surface area contributed by atoms with Gasteiger partial charge in [-0.1, -0.05) is 19.9 Å². The molecule has 0 bridgehead atoms. The molecule has 172 valence electrons. The number of phenols is 1. The average Bonchev–Trinajstić information content (AvgIpc) is 3.23. The van der Waals surface area contributed by atoms with Gasteiger partial charge >= 0.3 is 5.97 Å². The van der Waals surface area contributed by atoms with Crippen LogP contribution in [0.2, 0.25) is 0 Å². The van der Waals surface area contributed by atoms with Gasteiger partial charge in [-0.3, -0.25) is 9.79 Å². The van der Waals surface area contributed by atoms with E-state index in [0.717, 1.165) is 18.6 Å². The second-order valence-corrected chi connectivity index (χ2v) is 9.71. The Morgan fingerprint density at radius 1 is 1.28 bits per heavy atom. The number of carbonyl (C=O) groups excluding carboxylic acids is 2. The van der Waals surface area contributed by atoms with Crippen molar-refractivity contribution in [2.24, 2.45) is 16.3 Å². The second kappa shape index (κ2) is 8.70. The molecule has 1 aromatic carbocycles. The van der Waals surface area contributed by atoms with Crippen molar-refractivity contribution in [3.63, 3.8) is 0 Å². The highest BCUT2D eigenvalue weighted by Gasteiger charge is 2.48. The van der Waals surface area contributed by atoms with Crippen molar-refractivity contribution >= 4 is 17.5 Å². The number of hydrogen-bond acceptors (Lipinski definition) is 7. The summed E-state index contributed by atoms with van der Waals surface area (Å²) in [6.45, 7) is 6.76. The number of phenolic OH excluding ortho intramolecular Hbond substituents is 1. The van der Waals surface area contributed by atoms with Crippen molar-refractivity contribution in [3.05, 3.63) is 35.0 Å². The van der Waals surface area contributed by atoms with Gasteiger partial charge in [0, 0.05) is 30.4 Å². The number of carbonyl (C=O) groups is 2. The van der Waals surface area contributed by atoms with Crippen molar-refractivity contribution < 1.29 is 28.9 Å². The highest BCUT2D eigenvalue weighted by molar-refractivity contribution is 6.12. The first-order chi connectivity index (χ1) is 15.2. The number of aromatic hydroxyl groups is 1. The Kier molecular flexibility index (Phi) is 6.12. The molecule has 0 unspecified atom stereocenters. The number of nitrogens with zero attached hydrogens (tertiary/aromatic N) is 1. The molecule has 0 aromatic heterocycles. The molecule has 2 heterocycles. The molecular formula is C25H31NO6. The number of aliphatic imine (C=N–C) groups is 1. The van der Waals surface area contributed by atoms with Crippen LogP contribution in [-0.4, -0.2) is 49.0 Å². The lowest BCUT2D eigenvalue weighted by Crippen LogP contribution is -2.44. The minimum absolute atomic E-state index is 0.0395. The minimum Gasteiger partial charge on any atom is -0.504 e. The molecule has 4 rings (SSSR count). The van der Waals surface area contributed by atoms with Crippen LogP contribution in [0.5, 0.6) is 11.5 Å². The lowest BCUT2D eigenvalue weighted by atomic mass is 9.63. The Morgan fingerprint density at radius 2 is 2.06 bits per heavy atom. The molecule has 0 radical (unpaired) electrons. The van der Waals surface area contributed by atoms with Gasteiger partial charge in [-0.15, -0.1) is 0 Å². The maximum absolute atomic E-state index is 13.3. The number of ketones is 1. The molecular weight excluding hydrogens is 410 g/mol. The van der Waals surface area contributed by atoms with Crippen LogP contribution in [0.3, 0.4) is 0 Å². The molecule has 1 aromatic rings. The van der Waals surface area contributed by atoms with Gasteiger partial charge in [0.15, 0.2) is 11.5 Å². The van der Waals surface area contributed by atoms with Gasteiger partial charge in [0.25, 0.3) is 0 Å². The number of methoxy groups -OCH3 is 1. The summed E-state index contributed by atoms with van der Waals surface area (Å²) in [5.41, 5.74) is 2.20. The first kappa shape index (κ1) is 22.5. The number of allylic oxidation sites excluding steroid dienone is 1. The van der Waals surface area contributed by atoms with Crippen LogP contribution in [0.25, 0.3) is 0 Å². The number of Topliss-reactive ketones (excluding diaryl/α,β-unsaturated/α-hetero) is 1. The van der Waals surface area contributed by atoms with Crippen molar-refractivity contribution in [1.82, 2.24) is 0 Å². The quantitative estimate of drug-likeness (QED) is 0.696. The lowest BCUT2D eigenvalue weighted by molar-refractivity contribution is -0.142. The zero-order valence-corrected chi connectivity index (χ0v) is 19.1. The number of ether oxygens (including phenoxy) is 3. The average molecular weight is 442 g/mol. The summed E-state index contributed by atoms with van der Waals surface area (Å²) in [7, 11) is 1.48. The number of esters is 1. The molecule has 7 nitrogen and oxygen atoms in total. The monoisotopic (exact) mass is 441 g/mol. The van der Waals surface area contributed by atoms with Crippen LogP contribution in [0, 0.1) is 11.3 Å². The van der Waals surface area contributed by atoms with Gasteiger partial charge in [0.2, 0.25) is 0 Å². The highest BCUT2D eigenvalue weighted by atomic mass is 16.6. The Bertz CT molecular complexity index is 986. The fourth-order valence-electron chi connectivity index (χ4n) is 5.14. The van der Waals surface area contributed by atoms with Gasteiger partial charge in [-0.25, -0.2) is 4.79 Å². The van der Waals surface area contributed by atoms with Crippen LogP contribution in [-0.2, 0) is 19.1 Å². The molecule has 0 amide bonds. The van der Waals surface area contributed by atoms with Crippen molar-refractivity contribution in [1.29, 1.82) is 0 Å². The third-order valence-electron chi connectivity index (χ3n) is 6.57. The van der Waals surface area contributed by atoms with Crippen LogP contribution < -0.4 is 4.74 Å². The molecule has 1 N–H and O–H groups in total. The molecule has 1 aliphatic carbocycles. The summed E-state index contributed by atoms with van der Waals surface area (Å²) in [6, 6.07) is 5.01. The first-order valence-corrected chi connectivity index (χ1v) is 11.2. The first-order valence-electron chi connectivity index (χ1n) is 11.2. The van der Waals surface area contributed by atoms with Crippen LogP contribution in [0.1, 0.15) is 57.9 Å². The van der Waals surface area contributed by atoms with E-state index in [1.165, 1.54) is 7.11 Å². The Hall–Kier alpha value is -2.67. The van der Waals surface area contributed by atoms with Crippen molar-refractivity contribution in [2.45, 2.75) is 58.5 Å². The molecule has 1 saturated carbocycles. The predicted molar refractivity (Wildman–Crippen MR) is 119 cm³/mol. The van der Waals surface area contributed by atoms with Gasteiger partial charge in [-0.2, -0.15) is 0 Å². The van der Waals surface area contributed by atoms with E-state index in [1.54, 1.807) is 25.1 Å². The maximum Gasteiger partial charge on any atom is 0.336 e. The van der Waals surface area contributed by atoms with Crippen molar-refractivity contribution in [3.8, 4) is 11.5 Å². The predicted octanol–water partition coefficient (Wildman–Crippen LogP) is 3.94. The molecule has 7 heteroatoms. The zero-order chi connectivity index (χ0) is 23.0. The minimum atomic E-state index is -0.570. The third kappa shape index (κ3) is 4.31. The van der Waals surface area contributed by atoms with E-state index in [9.17, 15) is 14.7 Å². The maximum atomic E-state index is 13.3. The normalized spacial score (nSPS) is 27.1. The van der Waals surface area contributed by atoms with E-state index in [-0.39, 0.29) is 29.7 Å². The molecule has 32 heavy (non-hydrogen) atoms. The van der Waals surface area contributed by atoms with E-state index in [0.29, 0.717) is 42.0 Å². The molecule has 2 aliphatic heterocycles. The molecule has 0 spiro atoms. The molecule has 3 atom stereocenters. The van der Waals surface area contributed by atoms with E-state index in [1.807, 2.05) is 0 Å². The lowest BCUT2D eigenvalue weighted by Gasteiger charge is -2.41. The second-order valence-electron chi connectivity index (χ2n) is 9.71. The van der Waals surface area contributed by atoms with E-state index in [4.69, 9.17) is 19.2 Å². The summed E-state index contributed by atoms with van der Waals surface area (Å²) in [5, 5.41) is 10.4. The summed E-state index contributed by atoms with van der Waals surface area (Å²) in [5.74, 6) is -1.26. The van der Waals surface area contributed by atoms with Gasteiger partial charge in [-0.05, 0) is 49.3 Å². The Balaban J connectivity index is 1.74. The number of fused-ring (bicyclic) bond motifs is 1. The number of hydrogen-bond donors (Lipinski definition) is 1. The van der Waals surface area contributed by atoms with Gasteiger partial charge in [0.05, 0.1) is 24.7 Å². The zero-order valence-electron chi connectivity index (χ0n) is 19.1. The fourth-order valence-corrected chi connectivity index (χ4v) is 5.14. The van der Waals surface area contributed by atoms with Crippen LogP contribution in [0.15, 0.2) is 34.5 Å². The topological polar surface area (TPSA) is 94.4 Å². The van der Waals surface area contributed by atoms with E-state index < -0.39 is 17.8 Å². The summed E-state index contributed by atoms with van der Waals surface area (Å²) >= 11 is 0. The van der Waals surface area contributed by atoms with Gasteiger partial charge < -0.3 is 19.3 Å². The summed E-state index contributed by atoms with van der Waals surface area (Å²) in [6.07, 6.45) is 2.81. The van der Waals surface area contributed by atoms with E-state index in [2.05, 4.69) is 13.8 Å². The van der Waals surface area contributed by atoms with Crippen molar-refractivity contribution in [2.75, 3.05) is 20.3 Å². The summed E-state index contributed by atoms with van der Waals surface area (Å²) < 4.78 is 16.4. The fraction of sp³-hybridized carbons (Fsp3) is 0.560. The number of rotatable bonds is 5. The molecule has 3 aliphatic rings. The number of benzene rings is 1. The molecule has 1 saturated heterocycles. The van der Waals surface area contributed by atoms with Crippen LogP contribution in [0.4, 0.5) is 0 Å². The Morgan fingerprint density at radius 3 is 2.72 bits per heavy atom. The molecule has 2 fully saturated rings. The highest BCUT2D eigenvalue weighted by Crippen LogP contribution is 2.48. The smallest absolute Gasteiger partial charge is 0.336 e. The Labute approximate surface area is 188 Å². The van der Waals surface area contributed by atoms with Gasteiger partial charge in [0.1, 0.15) is 12.4 Å².